The molecule has 0 spiro atoms. The maximum atomic E-state index is 12.0. The van der Waals surface area contributed by atoms with Crippen molar-refractivity contribution in [1.29, 1.82) is 0 Å². The number of hydrogen-bond donors (Lipinski definition) is 5. The number of amides is 1. The number of rotatable bonds is 5. The second kappa shape index (κ2) is 10.4. The lowest BCUT2D eigenvalue weighted by atomic mass is 10.3. The van der Waals surface area contributed by atoms with Gasteiger partial charge < -0.3 is 21.1 Å². The third-order valence-corrected chi connectivity index (χ3v) is 3.06. The lowest BCUT2D eigenvalue weighted by Gasteiger charge is -2.11. The number of anilines is 1. The summed E-state index contributed by atoms with van der Waals surface area (Å²) in [5.74, 6) is -1.64. The molecule has 0 aliphatic heterocycles. The van der Waals surface area contributed by atoms with Crippen LogP contribution in [0.15, 0.2) is 36.0 Å². The molecular weight excluding hydrogens is 386 g/mol. The molecular formula is C14H16ClN5O3S2. The fraction of sp³-hybridized carbons (Fsp3) is 0.143. The Labute approximate surface area is 160 Å². The standard InChI is InChI=1S/C14H16ClN5O3S2/c1-2-23-12(22)10(11(21)19-20-13(16)24)7-17-14(25)18-9-5-3-8(15)4-6-9/h3-7H,2H2,1H3,(H,19,21)(H3,16,20,24)(H2,17,18,25)/b10-7+. The van der Waals surface area contributed by atoms with E-state index in [0.29, 0.717) is 10.7 Å². The van der Waals surface area contributed by atoms with Crippen LogP contribution in [0.3, 0.4) is 0 Å². The molecule has 1 amide bonds. The maximum Gasteiger partial charge on any atom is 0.345 e. The molecule has 1 aromatic carbocycles. The Balaban J connectivity index is 2.77. The molecule has 25 heavy (non-hydrogen) atoms. The molecule has 1 aromatic rings. The zero-order valence-electron chi connectivity index (χ0n) is 13.1. The van der Waals surface area contributed by atoms with Gasteiger partial charge in [-0.1, -0.05) is 11.6 Å². The molecule has 1 rings (SSSR count). The normalized spacial score (nSPS) is 10.4. The smallest absolute Gasteiger partial charge is 0.345 e. The Morgan fingerprint density at radius 3 is 2.44 bits per heavy atom. The average molecular weight is 402 g/mol. The molecule has 0 fully saturated rings. The van der Waals surface area contributed by atoms with Gasteiger partial charge in [0.05, 0.1) is 6.61 Å². The maximum absolute atomic E-state index is 12.0. The Morgan fingerprint density at radius 1 is 1.24 bits per heavy atom. The van der Waals surface area contributed by atoms with E-state index in [4.69, 9.17) is 34.3 Å². The highest BCUT2D eigenvalue weighted by Crippen LogP contribution is 2.13. The van der Waals surface area contributed by atoms with Crippen molar-refractivity contribution in [2.45, 2.75) is 6.92 Å². The van der Waals surface area contributed by atoms with Crippen molar-refractivity contribution in [3.63, 3.8) is 0 Å². The summed E-state index contributed by atoms with van der Waals surface area (Å²) < 4.78 is 4.82. The summed E-state index contributed by atoms with van der Waals surface area (Å²) >= 11 is 15.5. The minimum Gasteiger partial charge on any atom is -0.462 e. The summed E-state index contributed by atoms with van der Waals surface area (Å²) in [6, 6.07) is 6.79. The number of carbonyl (C=O) groups is 2. The van der Waals surface area contributed by atoms with E-state index in [1.165, 1.54) is 0 Å². The van der Waals surface area contributed by atoms with Crippen molar-refractivity contribution in [1.82, 2.24) is 16.2 Å². The predicted molar refractivity (Wildman–Crippen MR) is 104 cm³/mol. The number of ether oxygens (including phenoxy) is 1. The van der Waals surface area contributed by atoms with Crippen molar-refractivity contribution in [2.75, 3.05) is 11.9 Å². The largest absolute Gasteiger partial charge is 0.462 e. The quantitative estimate of drug-likeness (QED) is 0.123. The number of halogens is 1. The van der Waals surface area contributed by atoms with Gasteiger partial charge in [0.2, 0.25) is 0 Å². The van der Waals surface area contributed by atoms with E-state index < -0.39 is 11.9 Å². The zero-order chi connectivity index (χ0) is 18.8. The number of esters is 1. The SMILES string of the molecule is CCOC(=O)/C(=C/NC(=S)Nc1ccc(Cl)cc1)C(=O)NNC(N)=S. The van der Waals surface area contributed by atoms with Crippen LogP contribution in [0.5, 0.6) is 0 Å². The molecule has 0 saturated carbocycles. The van der Waals surface area contributed by atoms with Gasteiger partial charge in [0, 0.05) is 16.9 Å². The summed E-state index contributed by atoms with van der Waals surface area (Å²) in [7, 11) is 0. The van der Waals surface area contributed by atoms with E-state index in [0.717, 1.165) is 6.20 Å². The molecule has 0 heterocycles. The minimum absolute atomic E-state index is 0.0969. The summed E-state index contributed by atoms with van der Waals surface area (Å²) in [6.07, 6.45) is 1.11. The number of nitrogens with two attached hydrogens (primary N) is 1. The molecule has 0 atom stereocenters. The molecule has 0 aliphatic rings. The number of hydrazine groups is 1. The number of nitrogens with one attached hydrogen (secondary N) is 4. The van der Waals surface area contributed by atoms with E-state index in [1.807, 2.05) is 0 Å². The van der Waals surface area contributed by atoms with E-state index in [2.05, 4.69) is 33.7 Å². The first-order chi connectivity index (χ1) is 11.8. The number of carbonyl (C=O) groups excluding carboxylic acids is 2. The molecule has 0 aliphatic carbocycles. The van der Waals surface area contributed by atoms with Crippen LogP contribution >= 0.6 is 36.0 Å². The van der Waals surface area contributed by atoms with Crippen LogP contribution in [0.25, 0.3) is 0 Å². The Hall–Kier alpha value is -2.43. The van der Waals surface area contributed by atoms with Crippen molar-refractivity contribution in [2.24, 2.45) is 5.73 Å². The fourth-order valence-electron chi connectivity index (χ4n) is 1.45. The fourth-order valence-corrected chi connectivity index (χ4v) is 1.80. The minimum atomic E-state index is -0.841. The lowest BCUT2D eigenvalue weighted by molar-refractivity contribution is -0.140. The van der Waals surface area contributed by atoms with Crippen LogP contribution in [0.1, 0.15) is 6.92 Å². The first-order valence-electron chi connectivity index (χ1n) is 6.89. The molecule has 0 saturated heterocycles. The van der Waals surface area contributed by atoms with Crippen LogP contribution in [-0.4, -0.2) is 28.7 Å². The third-order valence-electron chi connectivity index (χ3n) is 2.49. The molecule has 0 bridgehead atoms. The van der Waals surface area contributed by atoms with Crippen LogP contribution in [-0.2, 0) is 14.3 Å². The number of thiocarbonyl (C=S) groups is 2. The monoisotopic (exact) mass is 401 g/mol. The second-order valence-electron chi connectivity index (χ2n) is 4.33. The lowest BCUT2D eigenvalue weighted by Crippen LogP contribution is -2.46. The van der Waals surface area contributed by atoms with Crippen molar-refractivity contribution < 1.29 is 14.3 Å². The number of benzene rings is 1. The van der Waals surface area contributed by atoms with Gasteiger partial charge in [-0.3, -0.25) is 15.6 Å². The molecule has 0 unspecified atom stereocenters. The zero-order valence-corrected chi connectivity index (χ0v) is 15.5. The molecule has 8 nitrogen and oxygen atoms in total. The van der Waals surface area contributed by atoms with Crippen LogP contribution < -0.4 is 27.2 Å². The topological polar surface area (TPSA) is 118 Å². The number of hydrogen-bond acceptors (Lipinski definition) is 5. The van der Waals surface area contributed by atoms with Gasteiger partial charge in [-0.2, -0.15) is 0 Å². The highest BCUT2D eigenvalue weighted by atomic mass is 35.5. The molecule has 6 N–H and O–H groups in total. The highest BCUT2D eigenvalue weighted by Gasteiger charge is 2.19. The van der Waals surface area contributed by atoms with Crippen LogP contribution in [0.2, 0.25) is 5.02 Å². The van der Waals surface area contributed by atoms with E-state index in [1.54, 1.807) is 31.2 Å². The summed E-state index contributed by atoms with van der Waals surface area (Å²) in [5.41, 5.74) is 9.94. The first-order valence-corrected chi connectivity index (χ1v) is 8.09. The second-order valence-corrected chi connectivity index (χ2v) is 5.61. The van der Waals surface area contributed by atoms with Gasteiger partial charge in [-0.15, -0.1) is 0 Å². The van der Waals surface area contributed by atoms with Gasteiger partial charge in [0.25, 0.3) is 5.91 Å². The van der Waals surface area contributed by atoms with Crippen molar-refractivity contribution in [3.8, 4) is 0 Å². The molecule has 11 heteroatoms. The van der Waals surface area contributed by atoms with Gasteiger partial charge in [-0.05, 0) is 55.6 Å². The van der Waals surface area contributed by atoms with Crippen molar-refractivity contribution >= 4 is 63.8 Å². The first kappa shape index (κ1) is 20.6. The third kappa shape index (κ3) is 7.79. The molecule has 0 aromatic heterocycles. The molecule has 0 radical (unpaired) electrons. The average Bonchev–Trinajstić information content (AvgIpc) is 2.55. The van der Waals surface area contributed by atoms with Crippen LogP contribution in [0.4, 0.5) is 5.69 Å². The van der Waals surface area contributed by atoms with E-state index in [9.17, 15) is 9.59 Å². The van der Waals surface area contributed by atoms with Gasteiger partial charge in [0.1, 0.15) is 5.57 Å². The van der Waals surface area contributed by atoms with Crippen LogP contribution in [0, 0.1) is 0 Å². The predicted octanol–water partition coefficient (Wildman–Crippen LogP) is 0.938. The summed E-state index contributed by atoms with van der Waals surface area (Å²) in [5, 5.41) is 6.06. The summed E-state index contributed by atoms with van der Waals surface area (Å²) in [6.45, 7) is 1.71. The Kier molecular flexibility index (Phi) is 8.61. The van der Waals surface area contributed by atoms with Gasteiger partial charge >= 0.3 is 5.97 Å². The van der Waals surface area contributed by atoms with Crippen molar-refractivity contribution in [3.05, 3.63) is 41.1 Å². The summed E-state index contributed by atoms with van der Waals surface area (Å²) in [4.78, 5) is 23.9. The Morgan fingerprint density at radius 2 is 1.88 bits per heavy atom. The Bertz CT molecular complexity index is 694. The van der Waals surface area contributed by atoms with E-state index >= 15 is 0 Å². The van der Waals surface area contributed by atoms with Gasteiger partial charge in [0.15, 0.2) is 10.2 Å². The highest BCUT2D eigenvalue weighted by molar-refractivity contribution is 7.80. The van der Waals surface area contributed by atoms with E-state index in [-0.39, 0.29) is 22.4 Å². The van der Waals surface area contributed by atoms with Gasteiger partial charge in [-0.25, -0.2) is 4.79 Å². The molecule has 134 valence electrons.